The lowest BCUT2D eigenvalue weighted by molar-refractivity contribution is 0.0499. The van der Waals surface area contributed by atoms with Crippen molar-refractivity contribution >= 4 is 33.3 Å². The van der Waals surface area contributed by atoms with Crippen LogP contribution in [0.3, 0.4) is 0 Å². The summed E-state index contributed by atoms with van der Waals surface area (Å²) in [6, 6.07) is 16.3. The third kappa shape index (κ3) is 6.48. The van der Waals surface area contributed by atoms with Crippen molar-refractivity contribution in [1.29, 1.82) is 0 Å². The Balaban J connectivity index is 1.76. The molecule has 0 bridgehead atoms. The van der Waals surface area contributed by atoms with Crippen LogP contribution in [0.15, 0.2) is 65.6 Å². The van der Waals surface area contributed by atoms with Gasteiger partial charge >= 0.3 is 5.97 Å². The zero-order chi connectivity index (χ0) is 25.6. The van der Waals surface area contributed by atoms with Gasteiger partial charge in [0.1, 0.15) is 0 Å². The molecule has 0 aromatic heterocycles. The van der Waals surface area contributed by atoms with Crippen LogP contribution in [0.2, 0.25) is 0 Å². The van der Waals surface area contributed by atoms with Gasteiger partial charge in [0.15, 0.2) is 0 Å². The largest absolute Gasteiger partial charge is 0.462 e. The van der Waals surface area contributed by atoms with E-state index in [2.05, 4.69) is 10.0 Å². The third-order valence-electron chi connectivity index (χ3n) is 5.70. The molecule has 0 saturated heterocycles. The van der Waals surface area contributed by atoms with Crippen molar-refractivity contribution in [3.63, 3.8) is 0 Å². The normalized spacial score (nSPS) is 11.1. The summed E-state index contributed by atoms with van der Waals surface area (Å²) >= 11 is 0. The molecule has 0 aliphatic rings. The molecule has 0 atom stereocenters. The fraction of sp³-hybridized carbons (Fsp3) is 0.259. The van der Waals surface area contributed by atoms with Gasteiger partial charge in [-0.2, -0.15) is 0 Å². The molecule has 0 spiro atoms. The van der Waals surface area contributed by atoms with E-state index in [-0.39, 0.29) is 10.5 Å². The fourth-order valence-electron chi connectivity index (χ4n) is 3.38. The topological polar surface area (TPSA) is 102 Å². The molecule has 2 N–H and O–H groups in total. The van der Waals surface area contributed by atoms with Crippen LogP contribution in [-0.2, 0) is 14.8 Å². The number of rotatable bonds is 9. The van der Waals surface area contributed by atoms with Crippen molar-refractivity contribution in [3.05, 3.63) is 88.5 Å². The first-order valence-corrected chi connectivity index (χ1v) is 12.9. The summed E-state index contributed by atoms with van der Waals surface area (Å²) in [6.45, 7) is 7.81. The van der Waals surface area contributed by atoms with Crippen LogP contribution in [-0.4, -0.2) is 26.9 Å². The zero-order valence-corrected chi connectivity index (χ0v) is 21.2. The molecule has 0 heterocycles. The number of hydrogen-bond donors (Lipinski definition) is 2. The number of benzene rings is 3. The van der Waals surface area contributed by atoms with Crippen molar-refractivity contribution in [2.75, 3.05) is 16.6 Å². The molecule has 1 amide bonds. The van der Waals surface area contributed by atoms with Gasteiger partial charge in [-0.15, -0.1) is 0 Å². The van der Waals surface area contributed by atoms with Crippen LogP contribution >= 0.6 is 0 Å². The quantitative estimate of drug-likeness (QED) is 0.297. The van der Waals surface area contributed by atoms with Crippen molar-refractivity contribution in [2.45, 2.75) is 45.4 Å². The third-order valence-corrected chi connectivity index (χ3v) is 7.21. The van der Waals surface area contributed by atoms with E-state index in [1.807, 2.05) is 26.8 Å². The first-order chi connectivity index (χ1) is 16.6. The van der Waals surface area contributed by atoms with Gasteiger partial charge in [0.2, 0.25) is 0 Å². The number of anilines is 2. The van der Waals surface area contributed by atoms with Gasteiger partial charge in [0.05, 0.1) is 22.8 Å². The van der Waals surface area contributed by atoms with Crippen molar-refractivity contribution in [1.82, 2.24) is 0 Å². The summed E-state index contributed by atoms with van der Waals surface area (Å²) in [5.74, 6) is -0.882. The Kier molecular flexibility index (Phi) is 8.30. The number of sulfonamides is 1. The minimum absolute atomic E-state index is 0.0243. The smallest absolute Gasteiger partial charge is 0.338 e. The molecule has 0 radical (unpaired) electrons. The second-order valence-corrected chi connectivity index (χ2v) is 10.0. The number of ether oxygens (including phenoxy) is 1. The number of esters is 1. The Bertz CT molecular complexity index is 1330. The number of amides is 1. The molecule has 3 rings (SSSR count). The van der Waals surface area contributed by atoms with E-state index in [9.17, 15) is 18.0 Å². The highest BCUT2D eigenvalue weighted by molar-refractivity contribution is 7.92. The fourth-order valence-corrected chi connectivity index (χ4v) is 4.77. The molecular weight excluding hydrogens is 464 g/mol. The van der Waals surface area contributed by atoms with Crippen LogP contribution in [0.4, 0.5) is 11.4 Å². The molecule has 0 unspecified atom stereocenters. The van der Waals surface area contributed by atoms with Gasteiger partial charge in [-0.1, -0.05) is 31.5 Å². The maximum atomic E-state index is 13.1. The van der Waals surface area contributed by atoms with Crippen LogP contribution in [0.5, 0.6) is 0 Å². The first-order valence-electron chi connectivity index (χ1n) is 11.4. The monoisotopic (exact) mass is 494 g/mol. The summed E-state index contributed by atoms with van der Waals surface area (Å²) in [6.07, 6.45) is 1.73. The number of hydrogen-bond acceptors (Lipinski definition) is 5. The highest BCUT2D eigenvalue weighted by Gasteiger charge is 2.20. The zero-order valence-electron chi connectivity index (χ0n) is 20.3. The Morgan fingerprint density at radius 1 is 0.886 bits per heavy atom. The first kappa shape index (κ1) is 26.0. The Morgan fingerprint density at radius 2 is 1.57 bits per heavy atom. The average Bonchev–Trinajstić information content (AvgIpc) is 2.82. The van der Waals surface area contributed by atoms with Crippen molar-refractivity contribution in [2.24, 2.45) is 0 Å². The highest BCUT2D eigenvalue weighted by atomic mass is 32.2. The summed E-state index contributed by atoms with van der Waals surface area (Å²) in [7, 11) is -3.92. The standard InChI is InChI=1S/C27H30N2O5S/c1-5-6-16-34-27(31)21-12-14-23(15-13-21)28-26(30)22-11-10-19(3)25(17-22)35(32,33)29-24-9-7-8-18(2)20(24)4/h7-15,17,29H,5-6,16H2,1-4H3,(H,28,30). The van der Waals surface area contributed by atoms with Gasteiger partial charge in [0, 0.05) is 11.3 Å². The van der Waals surface area contributed by atoms with E-state index in [1.54, 1.807) is 55.5 Å². The predicted octanol–water partition coefficient (Wildman–Crippen LogP) is 5.62. The Labute approximate surface area is 206 Å². The molecule has 0 aliphatic carbocycles. The number of carbonyl (C=O) groups excluding carboxylic acids is 2. The summed E-state index contributed by atoms with van der Waals surface area (Å²) in [4.78, 5) is 24.9. The molecule has 35 heavy (non-hydrogen) atoms. The SMILES string of the molecule is CCCCOC(=O)c1ccc(NC(=O)c2ccc(C)c(S(=O)(=O)Nc3cccc(C)c3C)c2)cc1. The lowest BCUT2D eigenvalue weighted by atomic mass is 10.1. The van der Waals surface area contributed by atoms with Gasteiger partial charge in [-0.05, 0) is 86.3 Å². The van der Waals surface area contributed by atoms with Crippen LogP contribution in [0.1, 0.15) is 57.2 Å². The van der Waals surface area contributed by atoms with Crippen LogP contribution in [0.25, 0.3) is 0 Å². The number of aryl methyl sites for hydroxylation is 2. The van der Waals surface area contributed by atoms with E-state index >= 15 is 0 Å². The molecule has 8 heteroatoms. The van der Waals surface area contributed by atoms with Gasteiger partial charge < -0.3 is 10.1 Å². The maximum Gasteiger partial charge on any atom is 0.338 e. The van der Waals surface area contributed by atoms with Crippen LogP contribution in [0, 0.1) is 20.8 Å². The van der Waals surface area contributed by atoms with Gasteiger partial charge in [-0.25, -0.2) is 13.2 Å². The van der Waals surface area contributed by atoms with E-state index in [0.717, 1.165) is 24.0 Å². The molecule has 0 fully saturated rings. The predicted molar refractivity (Wildman–Crippen MR) is 137 cm³/mol. The second kappa shape index (κ2) is 11.2. The van der Waals surface area contributed by atoms with E-state index in [4.69, 9.17) is 4.74 Å². The van der Waals surface area contributed by atoms with Gasteiger partial charge in [0.25, 0.3) is 15.9 Å². The molecule has 0 saturated carbocycles. The van der Waals surface area contributed by atoms with Crippen molar-refractivity contribution in [3.8, 4) is 0 Å². The van der Waals surface area contributed by atoms with Crippen molar-refractivity contribution < 1.29 is 22.7 Å². The number of carbonyl (C=O) groups is 2. The maximum absolute atomic E-state index is 13.1. The number of nitrogens with one attached hydrogen (secondary N) is 2. The Morgan fingerprint density at radius 3 is 2.26 bits per heavy atom. The second-order valence-electron chi connectivity index (χ2n) is 8.35. The molecule has 7 nitrogen and oxygen atoms in total. The van der Waals surface area contributed by atoms with E-state index < -0.39 is 21.9 Å². The summed E-state index contributed by atoms with van der Waals surface area (Å²) in [5, 5.41) is 2.73. The van der Waals surface area contributed by atoms with E-state index in [1.165, 1.54) is 6.07 Å². The average molecular weight is 495 g/mol. The molecule has 3 aromatic carbocycles. The van der Waals surface area contributed by atoms with Crippen LogP contribution < -0.4 is 10.0 Å². The van der Waals surface area contributed by atoms with Gasteiger partial charge in [-0.3, -0.25) is 9.52 Å². The molecule has 0 aliphatic heterocycles. The summed E-state index contributed by atoms with van der Waals surface area (Å²) < 4.78 is 34.1. The minimum atomic E-state index is -3.92. The van der Waals surface area contributed by atoms with E-state index in [0.29, 0.717) is 29.1 Å². The Hall–Kier alpha value is -3.65. The lowest BCUT2D eigenvalue weighted by Crippen LogP contribution is -2.17. The lowest BCUT2D eigenvalue weighted by Gasteiger charge is -2.14. The molecule has 3 aromatic rings. The molecule has 184 valence electrons. The summed E-state index contributed by atoms with van der Waals surface area (Å²) in [5.41, 5.74) is 3.87. The molecular formula is C27H30N2O5S. The number of unbranched alkanes of at least 4 members (excludes halogenated alkanes) is 1. The minimum Gasteiger partial charge on any atom is -0.462 e. The highest BCUT2D eigenvalue weighted by Crippen LogP contribution is 2.25.